The van der Waals surface area contributed by atoms with Crippen LogP contribution in [-0.2, 0) is 13.1 Å². The van der Waals surface area contributed by atoms with Crippen LogP contribution in [0.2, 0.25) is 0 Å². The minimum absolute atomic E-state index is 0.169. The van der Waals surface area contributed by atoms with Crippen LogP contribution < -0.4 is 5.32 Å². The Morgan fingerprint density at radius 2 is 1.52 bits per heavy atom. The molecule has 0 saturated heterocycles. The largest absolute Gasteiger partial charge is 0.345 e. The fraction of sp³-hybridized carbons (Fsp3) is 0.125. The predicted molar refractivity (Wildman–Crippen MR) is 113 cm³/mol. The lowest BCUT2D eigenvalue weighted by atomic mass is 9.98. The summed E-state index contributed by atoms with van der Waals surface area (Å²) >= 11 is 0. The van der Waals surface area contributed by atoms with Gasteiger partial charge in [0, 0.05) is 17.7 Å². The summed E-state index contributed by atoms with van der Waals surface area (Å²) < 4.78 is 2.08. The number of nitrogens with zero attached hydrogens (tertiary/aromatic N) is 2. The number of amides is 1. The Bertz CT molecular complexity index is 1180. The fourth-order valence-electron chi connectivity index (χ4n) is 3.49. The second-order valence-electron chi connectivity index (χ2n) is 6.68. The molecule has 4 rings (SSSR count). The van der Waals surface area contributed by atoms with Crippen molar-refractivity contribution in [3.8, 4) is 0 Å². The molecule has 0 fully saturated rings. The van der Waals surface area contributed by atoms with Crippen LogP contribution in [0.3, 0.4) is 0 Å². The Hall–Kier alpha value is -3.73. The number of hydrogen-bond acceptors (Lipinski definition) is 3. The van der Waals surface area contributed by atoms with Crippen LogP contribution in [0.5, 0.6) is 0 Å². The molecule has 0 bridgehead atoms. The highest BCUT2D eigenvalue weighted by Crippen LogP contribution is 2.17. The molecule has 0 aliphatic rings. The molecule has 0 unspecified atom stereocenters. The second-order valence-corrected chi connectivity index (χ2v) is 6.68. The molecule has 0 spiro atoms. The van der Waals surface area contributed by atoms with Crippen molar-refractivity contribution in [3.05, 3.63) is 101 Å². The minimum Gasteiger partial charge on any atom is -0.345 e. The average Bonchev–Trinajstić information content (AvgIpc) is 3.15. The van der Waals surface area contributed by atoms with Crippen molar-refractivity contribution < 1.29 is 9.59 Å². The lowest BCUT2D eigenvalue weighted by molar-refractivity contribution is 0.0938. The minimum atomic E-state index is -0.292. The first kappa shape index (κ1) is 18.6. The zero-order valence-corrected chi connectivity index (χ0v) is 16.1. The van der Waals surface area contributed by atoms with Gasteiger partial charge in [-0.2, -0.15) is 0 Å². The summed E-state index contributed by atoms with van der Waals surface area (Å²) in [4.78, 5) is 30.4. The zero-order valence-electron chi connectivity index (χ0n) is 16.1. The monoisotopic (exact) mass is 383 g/mol. The first-order valence-corrected chi connectivity index (χ1v) is 9.60. The molecule has 0 aliphatic carbocycles. The highest BCUT2D eigenvalue weighted by atomic mass is 16.2. The number of fused-ring (bicyclic) bond motifs is 1. The van der Waals surface area contributed by atoms with Crippen LogP contribution in [0, 0.1) is 0 Å². The highest BCUT2D eigenvalue weighted by Gasteiger charge is 2.18. The van der Waals surface area contributed by atoms with E-state index in [0.717, 1.165) is 23.4 Å². The van der Waals surface area contributed by atoms with E-state index in [1.54, 1.807) is 36.4 Å². The summed E-state index contributed by atoms with van der Waals surface area (Å²) in [5.74, 6) is 0.325. The number of nitrogens with one attached hydrogen (secondary N) is 1. The summed E-state index contributed by atoms with van der Waals surface area (Å²) in [5.41, 5.74) is 3.25. The molecule has 0 atom stereocenters. The van der Waals surface area contributed by atoms with Crippen molar-refractivity contribution in [1.29, 1.82) is 0 Å². The third-order valence-corrected chi connectivity index (χ3v) is 4.91. The van der Waals surface area contributed by atoms with Crippen LogP contribution >= 0.6 is 0 Å². The van der Waals surface area contributed by atoms with Crippen molar-refractivity contribution in [1.82, 2.24) is 14.9 Å². The van der Waals surface area contributed by atoms with E-state index in [4.69, 9.17) is 0 Å². The molecule has 1 aromatic heterocycles. The third kappa shape index (κ3) is 3.67. The van der Waals surface area contributed by atoms with E-state index in [9.17, 15) is 9.59 Å². The summed E-state index contributed by atoms with van der Waals surface area (Å²) in [6.07, 6.45) is 0. The predicted octanol–water partition coefficient (Wildman–Crippen LogP) is 4.22. The molecule has 1 heterocycles. The molecule has 5 nitrogen and oxygen atoms in total. The van der Waals surface area contributed by atoms with Crippen molar-refractivity contribution in [2.24, 2.45) is 0 Å². The molecule has 0 saturated carbocycles. The lowest BCUT2D eigenvalue weighted by Gasteiger charge is -2.11. The van der Waals surface area contributed by atoms with E-state index in [0.29, 0.717) is 16.7 Å². The topological polar surface area (TPSA) is 64.0 Å². The Labute approximate surface area is 169 Å². The summed E-state index contributed by atoms with van der Waals surface area (Å²) in [7, 11) is 0. The van der Waals surface area contributed by atoms with Crippen molar-refractivity contribution in [3.63, 3.8) is 0 Å². The number of ketones is 1. The average molecular weight is 383 g/mol. The zero-order chi connectivity index (χ0) is 20.2. The normalized spacial score (nSPS) is 10.8. The van der Waals surface area contributed by atoms with E-state index >= 15 is 0 Å². The molecule has 29 heavy (non-hydrogen) atoms. The molecule has 3 aromatic carbocycles. The molecule has 1 amide bonds. The van der Waals surface area contributed by atoms with Crippen molar-refractivity contribution in [2.75, 3.05) is 0 Å². The SMILES string of the molecule is CCn1c(CNC(=O)c2ccccc2C(=O)c2ccccc2)nc2ccccc21. The van der Waals surface area contributed by atoms with Gasteiger partial charge in [-0.05, 0) is 25.1 Å². The van der Waals surface area contributed by atoms with Crippen LogP contribution in [0.25, 0.3) is 11.0 Å². The molecule has 1 N–H and O–H groups in total. The maximum Gasteiger partial charge on any atom is 0.252 e. The number of aryl methyl sites for hydroxylation is 1. The molecule has 0 radical (unpaired) electrons. The van der Waals surface area contributed by atoms with Gasteiger partial charge in [0.15, 0.2) is 5.78 Å². The first-order valence-electron chi connectivity index (χ1n) is 9.60. The van der Waals surface area contributed by atoms with Crippen LogP contribution in [-0.4, -0.2) is 21.2 Å². The summed E-state index contributed by atoms with van der Waals surface area (Å²) in [6.45, 7) is 3.09. The molecular formula is C24H21N3O2. The lowest BCUT2D eigenvalue weighted by Crippen LogP contribution is -2.26. The van der Waals surface area contributed by atoms with Crippen LogP contribution in [0.4, 0.5) is 0 Å². The number of hydrogen-bond donors (Lipinski definition) is 1. The third-order valence-electron chi connectivity index (χ3n) is 4.91. The molecule has 5 heteroatoms. The first-order chi connectivity index (χ1) is 14.2. The van der Waals surface area contributed by atoms with Gasteiger partial charge in [-0.15, -0.1) is 0 Å². The van der Waals surface area contributed by atoms with Gasteiger partial charge in [-0.25, -0.2) is 4.98 Å². The van der Waals surface area contributed by atoms with Gasteiger partial charge in [0.25, 0.3) is 5.91 Å². The smallest absolute Gasteiger partial charge is 0.252 e. The van der Waals surface area contributed by atoms with Gasteiger partial charge in [-0.3, -0.25) is 9.59 Å². The number of imidazole rings is 1. The highest BCUT2D eigenvalue weighted by molar-refractivity contribution is 6.15. The Morgan fingerprint density at radius 3 is 2.28 bits per heavy atom. The molecule has 144 valence electrons. The number of aromatic nitrogens is 2. The van der Waals surface area contributed by atoms with E-state index in [2.05, 4.69) is 14.9 Å². The van der Waals surface area contributed by atoms with E-state index < -0.39 is 0 Å². The fourth-order valence-corrected chi connectivity index (χ4v) is 3.49. The number of carbonyl (C=O) groups excluding carboxylic acids is 2. The van der Waals surface area contributed by atoms with Gasteiger partial charge >= 0.3 is 0 Å². The van der Waals surface area contributed by atoms with Gasteiger partial charge < -0.3 is 9.88 Å². The maximum atomic E-state index is 12.9. The van der Waals surface area contributed by atoms with E-state index in [1.165, 1.54) is 0 Å². The number of benzene rings is 3. The summed E-state index contributed by atoms with van der Waals surface area (Å²) in [5, 5.41) is 2.92. The van der Waals surface area contributed by atoms with Crippen LogP contribution in [0.1, 0.15) is 39.0 Å². The second kappa shape index (κ2) is 8.10. The van der Waals surface area contributed by atoms with E-state index in [1.807, 2.05) is 49.4 Å². The summed E-state index contributed by atoms with van der Waals surface area (Å²) in [6, 6.07) is 23.8. The molecule has 0 aliphatic heterocycles. The van der Waals surface area contributed by atoms with Gasteiger partial charge in [-0.1, -0.05) is 60.7 Å². The number of rotatable bonds is 6. The number of carbonyl (C=O) groups is 2. The van der Waals surface area contributed by atoms with Crippen molar-refractivity contribution >= 4 is 22.7 Å². The van der Waals surface area contributed by atoms with Gasteiger partial charge in [0.2, 0.25) is 0 Å². The standard InChI is InChI=1S/C24H21N3O2/c1-2-27-21-15-9-8-14-20(21)26-22(27)16-25-24(29)19-13-7-6-12-18(19)23(28)17-10-4-3-5-11-17/h3-15H,2,16H2,1H3,(H,25,29). The number of para-hydroxylation sites is 2. The van der Waals surface area contributed by atoms with E-state index in [-0.39, 0.29) is 18.2 Å². The Kier molecular flexibility index (Phi) is 5.20. The van der Waals surface area contributed by atoms with Gasteiger partial charge in [0.1, 0.15) is 5.82 Å². The van der Waals surface area contributed by atoms with Crippen molar-refractivity contribution in [2.45, 2.75) is 20.0 Å². The molecular weight excluding hydrogens is 362 g/mol. The Balaban J connectivity index is 1.58. The van der Waals surface area contributed by atoms with Gasteiger partial charge in [0.05, 0.1) is 23.1 Å². The quantitative estimate of drug-likeness (QED) is 0.507. The molecule has 4 aromatic rings. The van der Waals surface area contributed by atoms with Crippen LogP contribution in [0.15, 0.2) is 78.9 Å². The maximum absolute atomic E-state index is 12.9. The Morgan fingerprint density at radius 1 is 0.862 bits per heavy atom.